The van der Waals surface area contributed by atoms with Crippen molar-refractivity contribution in [2.24, 2.45) is 0 Å². The lowest BCUT2D eigenvalue weighted by molar-refractivity contribution is 0.0586. The van der Waals surface area contributed by atoms with E-state index in [1.807, 2.05) is 0 Å². The van der Waals surface area contributed by atoms with E-state index in [-0.39, 0.29) is 11.1 Å². The van der Waals surface area contributed by atoms with E-state index in [0.29, 0.717) is 11.1 Å². The van der Waals surface area contributed by atoms with Crippen molar-refractivity contribution in [1.29, 1.82) is 0 Å². The number of carbonyl (C=O) groups is 4. The molecule has 0 atom stereocenters. The SMILES string of the molecule is COC(=O)c1cccc(C(=O)O)c1.COC(=O)c1cccc(C(=O)OC)c1. The minimum absolute atomic E-state index is 0.0721. The molecule has 0 amide bonds. The summed E-state index contributed by atoms with van der Waals surface area (Å²) in [6, 6.07) is 11.8. The molecule has 2 aromatic carbocycles. The molecule has 2 aromatic rings. The summed E-state index contributed by atoms with van der Waals surface area (Å²) < 4.78 is 13.5. The maximum atomic E-state index is 11.1. The summed E-state index contributed by atoms with van der Waals surface area (Å²) in [6.45, 7) is 0. The Kier molecular flexibility index (Phi) is 8.18. The second-order valence-corrected chi connectivity index (χ2v) is 4.94. The highest BCUT2D eigenvalue weighted by Gasteiger charge is 2.10. The number of ether oxygens (including phenoxy) is 3. The van der Waals surface area contributed by atoms with E-state index in [0.717, 1.165) is 0 Å². The van der Waals surface area contributed by atoms with Crippen LogP contribution in [0.1, 0.15) is 41.4 Å². The molecule has 0 heterocycles. The fraction of sp³-hybridized carbons (Fsp3) is 0.158. The first-order chi connectivity index (χ1) is 12.8. The normalized spacial score (nSPS) is 9.30. The number of aromatic carboxylic acids is 1. The molecule has 1 N–H and O–H groups in total. The van der Waals surface area contributed by atoms with Gasteiger partial charge in [0.1, 0.15) is 0 Å². The Hall–Kier alpha value is -3.68. The van der Waals surface area contributed by atoms with Crippen LogP contribution in [-0.2, 0) is 14.2 Å². The van der Waals surface area contributed by atoms with E-state index in [9.17, 15) is 19.2 Å². The van der Waals surface area contributed by atoms with Gasteiger partial charge >= 0.3 is 23.9 Å². The van der Waals surface area contributed by atoms with E-state index in [1.54, 1.807) is 18.2 Å². The van der Waals surface area contributed by atoms with Crippen LogP contribution >= 0.6 is 0 Å². The van der Waals surface area contributed by atoms with Crippen LogP contribution in [0, 0.1) is 0 Å². The third-order valence-corrected chi connectivity index (χ3v) is 3.24. The number of hydrogen-bond donors (Lipinski definition) is 1. The fourth-order valence-electron chi connectivity index (χ4n) is 1.91. The largest absolute Gasteiger partial charge is 0.478 e. The van der Waals surface area contributed by atoms with Gasteiger partial charge in [-0.3, -0.25) is 0 Å². The highest BCUT2D eigenvalue weighted by Crippen LogP contribution is 2.08. The lowest BCUT2D eigenvalue weighted by atomic mass is 10.1. The number of esters is 3. The molecule has 8 nitrogen and oxygen atoms in total. The maximum Gasteiger partial charge on any atom is 0.337 e. The van der Waals surface area contributed by atoms with Crippen molar-refractivity contribution < 1.29 is 38.5 Å². The van der Waals surface area contributed by atoms with E-state index in [2.05, 4.69) is 14.2 Å². The highest BCUT2D eigenvalue weighted by atomic mass is 16.5. The third kappa shape index (κ3) is 6.28. The Balaban J connectivity index is 0.000000271. The predicted octanol–water partition coefficient (Wildman–Crippen LogP) is 2.43. The average molecular weight is 374 g/mol. The smallest absolute Gasteiger partial charge is 0.337 e. The van der Waals surface area contributed by atoms with Gasteiger partial charge in [-0.1, -0.05) is 12.1 Å². The Morgan fingerprint density at radius 3 is 1.22 bits per heavy atom. The van der Waals surface area contributed by atoms with Gasteiger partial charge in [-0.15, -0.1) is 0 Å². The monoisotopic (exact) mass is 374 g/mol. The van der Waals surface area contributed by atoms with E-state index in [4.69, 9.17) is 5.11 Å². The van der Waals surface area contributed by atoms with Crippen molar-refractivity contribution in [2.45, 2.75) is 0 Å². The summed E-state index contributed by atoms with van der Waals surface area (Å²) in [7, 11) is 3.82. The molecule has 27 heavy (non-hydrogen) atoms. The standard InChI is InChI=1S/C10H10O4.C9H8O4/c1-13-9(11)7-4-3-5-8(6-7)10(12)14-2;1-13-9(12)7-4-2-3-6(5-7)8(10)11/h3-6H,1-2H3;2-5H,1H3,(H,10,11). The molecular weight excluding hydrogens is 356 g/mol. The van der Waals surface area contributed by atoms with E-state index >= 15 is 0 Å². The van der Waals surface area contributed by atoms with Gasteiger partial charge in [0, 0.05) is 0 Å². The van der Waals surface area contributed by atoms with Crippen LogP contribution in [0.15, 0.2) is 48.5 Å². The molecule has 142 valence electrons. The zero-order chi connectivity index (χ0) is 20.4. The molecule has 0 aliphatic carbocycles. The molecule has 0 aliphatic heterocycles. The molecule has 0 radical (unpaired) electrons. The van der Waals surface area contributed by atoms with Gasteiger partial charge < -0.3 is 19.3 Å². The summed E-state index contributed by atoms with van der Waals surface area (Å²) in [5.74, 6) is -2.56. The van der Waals surface area contributed by atoms with Crippen molar-refractivity contribution in [1.82, 2.24) is 0 Å². The number of hydrogen-bond acceptors (Lipinski definition) is 7. The summed E-state index contributed by atoms with van der Waals surface area (Å²) in [4.78, 5) is 43.7. The van der Waals surface area contributed by atoms with Gasteiger partial charge in [-0.05, 0) is 36.4 Å². The van der Waals surface area contributed by atoms with Crippen molar-refractivity contribution in [3.05, 3.63) is 70.8 Å². The highest BCUT2D eigenvalue weighted by molar-refractivity contribution is 5.95. The van der Waals surface area contributed by atoms with Crippen molar-refractivity contribution in [3.63, 3.8) is 0 Å². The van der Waals surface area contributed by atoms with Gasteiger partial charge in [0.15, 0.2) is 0 Å². The zero-order valence-electron chi connectivity index (χ0n) is 14.9. The number of carboxylic acids is 1. The Bertz CT molecular complexity index is 810. The van der Waals surface area contributed by atoms with E-state index < -0.39 is 23.9 Å². The van der Waals surface area contributed by atoms with E-state index in [1.165, 1.54) is 51.7 Å². The maximum absolute atomic E-state index is 11.1. The van der Waals surface area contributed by atoms with Crippen LogP contribution in [0.4, 0.5) is 0 Å². The van der Waals surface area contributed by atoms with Crippen LogP contribution in [0.3, 0.4) is 0 Å². The molecule has 0 saturated carbocycles. The Labute approximate surface area is 155 Å². The molecule has 0 unspecified atom stereocenters. The van der Waals surface area contributed by atoms with Crippen molar-refractivity contribution >= 4 is 23.9 Å². The topological polar surface area (TPSA) is 116 Å². The molecule has 0 saturated heterocycles. The van der Waals surface area contributed by atoms with Gasteiger partial charge in [0.05, 0.1) is 43.6 Å². The quantitative estimate of drug-likeness (QED) is 0.641. The second kappa shape index (κ2) is 10.3. The number of carboxylic acid groups (broad SMARTS) is 1. The Morgan fingerprint density at radius 2 is 0.926 bits per heavy atom. The fourth-order valence-corrected chi connectivity index (χ4v) is 1.91. The van der Waals surface area contributed by atoms with Crippen molar-refractivity contribution in [2.75, 3.05) is 21.3 Å². The molecular formula is C19H18O8. The molecule has 0 bridgehead atoms. The van der Waals surface area contributed by atoms with Gasteiger partial charge in [0.25, 0.3) is 0 Å². The van der Waals surface area contributed by atoms with Crippen molar-refractivity contribution in [3.8, 4) is 0 Å². The van der Waals surface area contributed by atoms with Gasteiger partial charge in [-0.2, -0.15) is 0 Å². The molecule has 0 aromatic heterocycles. The Morgan fingerprint density at radius 1 is 0.630 bits per heavy atom. The number of methoxy groups -OCH3 is 3. The zero-order valence-corrected chi connectivity index (χ0v) is 14.9. The number of benzene rings is 2. The first-order valence-corrected chi connectivity index (χ1v) is 7.52. The molecule has 0 fully saturated rings. The number of carbonyl (C=O) groups excluding carboxylic acids is 3. The van der Waals surface area contributed by atoms with Crippen LogP contribution in [0.5, 0.6) is 0 Å². The lowest BCUT2D eigenvalue weighted by Gasteiger charge is -2.01. The molecule has 0 aliphatic rings. The van der Waals surface area contributed by atoms with Gasteiger partial charge in [-0.25, -0.2) is 19.2 Å². The van der Waals surface area contributed by atoms with Crippen LogP contribution in [0.2, 0.25) is 0 Å². The third-order valence-electron chi connectivity index (χ3n) is 3.24. The second-order valence-electron chi connectivity index (χ2n) is 4.94. The summed E-state index contributed by atoms with van der Waals surface area (Å²) in [5.41, 5.74) is 0.969. The van der Waals surface area contributed by atoms with Gasteiger partial charge in [0.2, 0.25) is 0 Å². The molecule has 0 spiro atoms. The van der Waals surface area contributed by atoms with Crippen LogP contribution in [-0.4, -0.2) is 50.3 Å². The summed E-state index contributed by atoms with van der Waals surface area (Å²) in [5, 5.41) is 8.61. The molecule has 8 heteroatoms. The first-order valence-electron chi connectivity index (χ1n) is 7.52. The summed E-state index contributed by atoms with van der Waals surface area (Å²) >= 11 is 0. The first kappa shape index (κ1) is 21.4. The average Bonchev–Trinajstić information content (AvgIpc) is 2.72. The lowest BCUT2D eigenvalue weighted by Crippen LogP contribution is -2.05. The predicted molar refractivity (Wildman–Crippen MR) is 93.9 cm³/mol. The summed E-state index contributed by atoms with van der Waals surface area (Å²) in [6.07, 6.45) is 0. The minimum Gasteiger partial charge on any atom is -0.478 e. The molecule has 2 rings (SSSR count). The minimum atomic E-state index is -1.06. The number of rotatable bonds is 4. The van der Waals surface area contributed by atoms with Crippen LogP contribution < -0.4 is 0 Å². The van der Waals surface area contributed by atoms with Crippen LogP contribution in [0.25, 0.3) is 0 Å².